The van der Waals surface area contributed by atoms with Crippen LogP contribution < -0.4 is 0 Å². The molecule has 1 rings (SSSR count). The normalized spacial score (nSPS) is 10.2. The average molecular weight is 218 g/mol. The van der Waals surface area contributed by atoms with Gasteiger partial charge in [-0.3, -0.25) is 14.4 Å². The molecule has 0 bridgehead atoms. The van der Waals surface area contributed by atoms with Gasteiger partial charge in [-0.15, -0.1) is 0 Å². The zero-order chi connectivity index (χ0) is 12.3. The standard InChI is InChI=1S/C13H14O3/c1-8-4-6-11(7-5-8)13(16)12(9(2)14)10(3)15/h4-7,12H,1-3H3. The van der Waals surface area contributed by atoms with E-state index in [1.54, 1.807) is 24.3 Å². The van der Waals surface area contributed by atoms with Crippen LogP contribution >= 0.6 is 0 Å². The van der Waals surface area contributed by atoms with E-state index < -0.39 is 23.3 Å². The molecule has 84 valence electrons. The lowest BCUT2D eigenvalue weighted by Crippen LogP contribution is -2.28. The molecule has 1 aromatic rings. The summed E-state index contributed by atoms with van der Waals surface area (Å²) in [6, 6.07) is 6.84. The van der Waals surface area contributed by atoms with E-state index in [0.717, 1.165) is 5.56 Å². The third-order valence-electron chi connectivity index (χ3n) is 2.41. The lowest BCUT2D eigenvalue weighted by atomic mass is 9.91. The molecule has 0 radical (unpaired) electrons. The molecule has 0 saturated heterocycles. The maximum Gasteiger partial charge on any atom is 0.180 e. The summed E-state index contributed by atoms with van der Waals surface area (Å²) in [5.74, 6) is -2.38. The van der Waals surface area contributed by atoms with Gasteiger partial charge in [0.2, 0.25) is 0 Å². The first kappa shape index (κ1) is 12.3. The van der Waals surface area contributed by atoms with E-state index in [1.807, 2.05) is 6.92 Å². The Kier molecular flexibility index (Phi) is 3.72. The Labute approximate surface area is 94.5 Å². The zero-order valence-corrected chi connectivity index (χ0v) is 9.61. The third-order valence-corrected chi connectivity index (χ3v) is 2.41. The number of rotatable bonds is 4. The molecule has 0 fully saturated rings. The largest absolute Gasteiger partial charge is 0.299 e. The van der Waals surface area contributed by atoms with Crippen molar-refractivity contribution < 1.29 is 14.4 Å². The highest BCUT2D eigenvalue weighted by Crippen LogP contribution is 2.12. The fourth-order valence-electron chi connectivity index (χ4n) is 1.54. The van der Waals surface area contributed by atoms with E-state index in [1.165, 1.54) is 13.8 Å². The van der Waals surface area contributed by atoms with Gasteiger partial charge in [0.15, 0.2) is 5.78 Å². The number of hydrogen-bond acceptors (Lipinski definition) is 3. The van der Waals surface area contributed by atoms with Crippen LogP contribution in [0.5, 0.6) is 0 Å². The molecule has 0 aromatic heterocycles. The minimum Gasteiger partial charge on any atom is -0.299 e. The van der Waals surface area contributed by atoms with Crippen LogP contribution in [-0.2, 0) is 9.59 Å². The van der Waals surface area contributed by atoms with Crippen LogP contribution in [0.4, 0.5) is 0 Å². The highest BCUT2D eigenvalue weighted by atomic mass is 16.2. The summed E-state index contributed by atoms with van der Waals surface area (Å²) in [6.45, 7) is 4.43. The van der Waals surface area contributed by atoms with Crippen molar-refractivity contribution in [3.8, 4) is 0 Å². The highest BCUT2D eigenvalue weighted by Gasteiger charge is 2.28. The molecule has 16 heavy (non-hydrogen) atoms. The zero-order valence-electron chi connectivity index (χ0n) is 9.61. The maximum atomic E-state index is 11.9. The molecule has 0 atom stereocenters. The molecule has 0 saturated carbocycles. The van der Waals surface area contributed by atoms with Gasteiger partial charge >= 0.3 is 0 Å². The minimum absolute atomic E-state index is 0.404. The monoisotopic (exact) mass is 218 g/mol. The third kappa shape index (κ3) is 2.63. The van der Waals surface area contributed by atoms with Gasteiger partial charge in [-0.05, 0) is 20.8 Å². The first-order chi connectivity index (χ1) is 7.43. The van der Waals surface area contributed by atoms with Crippen LogP contribution in [0.2, 0.25) is 0 Å². The van der Waals surface area contributed by atoms with Crippen LogP contribution in [0.15, 0.2) is 24.3 Å². The van der Waals surface area contributed by atoms with Gasteiger partial charge in [0.25, 0.3) is 0 Å². The number of Topliss-reactive ketones (excluding diaryl/α,β-unsaturated/α-hetero) is 3. The molecular formula is C13H14O3. The summed E-state index contributed by atoms with van der Waals surface area (Å²) < 4.78 is 0. The molecule has 0 heterocycles. The van der Waals surface area contributed by atoms with Crippen LogP contribution in [0.25, 0.3) is 0 Å². The van der Waals surface area contributed by atoms with Crippen molar-refractivity contribution in [3.63, 3.8) is 0 Å². The Morgan fingerprint density at radius 1 is 0.938 bits per heavy atom. The summed E-state index contributed by atoms with van der Waals surface area (Å²) in [7, 11) is 0. The number of aryl methyl sites for hydroxylation is 1. The van der Waals surface area contributed by atoms with Crippen LogP contribution in [0, 0.1) is 12.8 Å². The van der Waals surface area contributed by atoms with Gasteiger partial charge in [-0.25, -0.2) is 0 Å². The second-order valence-corrected chi connectivity index (χ2v) is 3.88. The second-order valence-electron chi connectivity index (χ2n) is 3.88. The fraction of sp³-hybridized carbons (Fsp3) is 0.308. The molecule has 0 aliphatic rings. The van der Waals surface area contributed by atoms with Crippen molar-refractivity contribution >= 4 is 17.3 Å². The predicted octanol–water partition coefficient (Wildman–Crippen LogP) is 1.97. The van der Waals surface area contributed by atoms with E-state index in [2.05, 4.69) is 0 Å². The quantitative estimate of drug-likeness (QED) is 0.573. The van der Waals surface area contributed by atoms with Crippen LogP contribution in [0.3, 0.4) is 0 Å². The van der Waals surface area contributed by atoms with E-state index in [-0.39, 0.29) is 0 Å². The molecule has 0 N–H and O–H groups in total. The molecular weight excluding hydrogens is 204 g/mol. The van der Waals surface area contributed by atoms with Gasteiger partial charge < -0.3 is 0 Å². The Hall–Kier alpha value is -1.77. The molecule has 0 amide bonds. The van der Waals surface area contributed by atoms with Gasteiger partial charge in [-0.1, -0.05) is 29.8 Å². The Morgan fingerprint density at radius 2 is 1.38 bits per heavy atom. The molecule has 0 aliphatic carbocycles. The Balaban J connectivity index is 3.04. The Morgan fingerprint density at radius 3 is 1.75 bits per heavy atom. The number of hydrogen-bond donors (Lipinski definition) is 0. The van der Waals surface area contributed by atoms with Crippen molar-refractivity contribution in [1.82, 2.24) is 0 Å². The van der Waals surface area contributed by atoms with Crippen molar-refractivity contribution in [1.29, 1.82) is 0 Å². The van der Waals surface area contributed by atoms with E-state index >= 15 is 0 Å². The molecule has 1 aromatic carbocycles. The first-order valence-electron chi connectivity index (χ1n) is 5.05. The van der Waals surface area contributed by atoms with E-state index in [9.17, 15) is 14.4 Å². The van der Waals surface area contributed by atoms with Crippen molar-refractivity contribution in [3.05, 3.63) is 35.4 Å². The van der Waals surface area contributed by atoms with Gasteiger partial charge in [0.1, 0.15) is 17.5 Å². The fourth-order valence-corrected chi connectivity index (χ4v) is 1.54. The molecule has 0 spiro atoms. The van der Waals surface area contributed by atoms with Gasteiger partial charge in [-0.2, -0.15) is 0 Å². The summed E-state index contributed by atoms with van der Waals surface area (Å²) in [5, 5.41) is 0. The van der Waals surface area contributed by atoms with E-state index in [4.69, 9.17) is 0 Å². The molecule has 3 nitrogen and oxygen atoms in total. The Bertz CT molecular complexity index is 415. The van der Waals surface area contributed by atoms with Crippen molar-refractivity contribution in [2.45, 2.75) is 20.8 Å². The summed E-state index contributed by atoms with van der Waals surface area (Å²) in [6.07, 6.45) is 0. The van der Waals surface area contributed by atoms with Gasteiger partial charge in [0.05, 0.1) is 0 Å². The number of ketones is 3. The minimum atomic E-state index is -1.15. The van der Waals surface area contributed by atoms with E-state index in [0.29, 0.717) is 5.56 Å². The number of carbonyl (C=O) groups is 3. The smallest absolute Gasteiger partial charge is 0.180 e. The second kappa shape index (κ2) is 4.84. The van der Waals surface area contributed by atoms with Crippen molar-refractivity contribution in [2.24, 2.45) is 5.92 Å². The van der Waals surface area contributed by atoms with Crippen LogP contribution in [-0.4, -0.2) is 17.3 Å². The SMILES string of the molecule is CC(=O)C(C(C)=O)C(=O)c1ccc(C)cc1. The van der Waals surface area contributed by atoms with Crippen LogP contribution in [0.1, 0.15) is 29.8 Å². The summed E-state index contributed by atoms with van der Waals surface area (Å²) in [4.78, 5) is 34.3. The lowest BCUT2D eigenvalue weighted by molar-refractivity contribution is -0.128. The topological polar surface area (TPSA) is 51.2 Å². The first-order valence-corrected chi connectivity index (χ1v) is 5.05. The average Bonchev–Trinajstić information content (AvgIpc) is 2.17. The lowest BCUT2D eigenvalue weighted by Gasteiger charge is -2.09. The molecule has 0 aliphatic heterocycles. The molecule has 3 heteroatoms. The predicted molar refractivity (Wildman–Crippen MR) is 60.4 cm³/mol. The summed E-state index contributed by atoms with van der Waals surface area (Å²) >= 11 is 0. The highest BCUT2D eigenvalue weighted by molar-refractivity contribution is 6.23. The number of benzene rings is 1. The maximum absolute atomic E-state index is 11.9. The number of carbonyl (C=O) groups excluding carboxylic acids is 3. The van der Waals surface area contributed by atoms with Crippen molar-refractivity contribution in [2.75, 3.05) is 0 Å². The molecule has 0 unspecified atom stereocenters. The van der Waals surface area contributed by atoms with Gasteiger partial charge in [0, 0.05) is 5.56 Å². The summed E-state index contributed by atoms with van der Waals surface area (Å²) in [5.41, 5.74) is 1.43.